The quantitative estimate of drug-likeness (QED) is 0.688. The first kappa shape index (κ1) is 19.8. The molecule has 1 amide bonds. The Labute approximate surface area is 140 Å². The number of likely N-dealkylation sites (tertiary alicyclic amines) is 1. The van der Waals surface area contributed by atoms with Crippen molar-refractivity contribution in [2.24, 2.45) is 5.41 Å². The van der Waals surface area contributed by atoms with Crippen LogP contribution in [0.25, 0.3) is 0 Å². The molecule has 0 aromatic heterocycles. The standard InChI is InChI=1S/C18H33NO4/c1-8-10-17(5,6)23-15(21)19-12-11-18(7,13-19)22-14(20)16(3,4)9-2/h8-13H2,1-7H3. The molecule has 0 bridgehead atoms. The van der Waals surface area contributed by atoms with Crippen molar-refractivity contribution in [1.29, 1.82) is 0 Å². The van der Waals surface area contributed by atoms with Crippen molar-refractivity contribution in [2.75, 3.05) is 13.1 Å². The minimum Gasteiger partial charge on any atom is -0.457 e. The van der Waals surface area contributed by atoms with Gasteiger partial charge >= 0.3 is 12.1 Å². The highest BCUT2D eigenvalue weighted by atomic mass is 16.6. The molecular weight excluding hydrogens is 294 g/mol. The van der Waals surface area contributed by atoms with Crippen LogP contribution in [0.2, 0.25) is 0 Å². The van der Waals surface area contributed by atoms with Crippen LogP contribution in [0, 0.1) is 5.41 Å². The third kappa shape index (κ3) is 5.40. The highest BCUT2D eigenvalue weighted by Crippen LogP contribution is 2.31. The predicted octanol–water partition coefficient (Wildman–Crippen LogP) is 4.15. The molecule has 23 heavy (non-hydrogen) atoms. The highest BCUT2D eigenvalue weighted by Gasteiger charge is 2.43. The molecule has 0 spiro atoms. The minimum absolute atomic E-state index is 0.205. The molecular formula is C18H33NO4. The van der Waals surface area contributed by atoms with Crippen LogP contribution in [0.3, 0.4) is 0 Å². The largest absolute Gasteiger partial charge is 0.457 e. The fourth-order valence-corrected chi connectivity index (χ4v) is 2.63. The summed E-state index contributed by atoms with van der Waals surface area (Å²) in [6.45, 7) is 14.5. The van der Waals surface area contributed by atoms with Crippen LogP contribution >= 0.6 is 0 Å². The molecule has 1 rings (SSSR count). The van der Waals surface area contributed by atoms with E-state index in [9.17, 15) is 9.59 Å². The van der Waals surface area contributed by atoms with Crippen molar-refractivity contribution in [3.05, 3.63) is 0 Å². The summed E-state index contributed by atoms with van der Waals surface area (Å²) in [4.78, 5) is 26.3. The third-order valence-electron chi connectivity index (χ3n) is 4.69. The molecule has 1 saturated heterocycles. The number of ether oxygens (including phenoxy) is 2. The zero-order chi connectivity index (χ0) is 17.9. The van der Waals surface area contributed by atoms with Crippen molar-refractivity contribution in [1.82, 2.24) is 4.90 Å². The van der Waals surface area contributed by atoms with E-state index >= 15 is 0 Å². The minimum atomic E-state index is -0.628. The molecule has 1 fully saturated rings. The first-order valence-electron chi connectivity index (χ1n) is 8.66. The lowest BCUT2D eigenvalue weighted by Gasteiger charge is -2.31. The first-order chi connectivity index (χ1) is 10.4. The van der Waals surface area contributed by atoms with Crippen LogP contribution in [0.5, 0.6) is 0 Å². The Kier molecular flexibility index (Phi) is 6.11. The molecule has 1 aliphatic heterocycles. The van der Waals surface area contributed by atoms with E-state index in [0.29, 0.717) is 19.5 Å². The fourth-order valence-electron chi connectivity index (χ4n) is 2.63. The van der Waals surface area contributed by atoms with E-state index in [4.69, 9.17) is 9.47 Å². The van der Waals surface area contributed by atoms with Crippen molar-refractivity contribution in [3.63, 3.8) is 0 Å². The summed E-state index contributed by atoms with van der Waals surface area (Å²) in [5.74, 6) is -0.205. The monoisotopic (exact) mass is 327 g/mol. The SMILES string of the molecule is CCCC(C)(C)OC(=O)N1CCC(C)(OC(=O)C(C)(C)CC)C1. The molecule has 1 atom stereocenters. The lowest BCUT2D eigenvalue weighted by molar-refractivity contribution is -0.167. The number of esters is 1. The van der Waals surface area contributed by atoms with Gasteiger partial charge in [-0.05, 0) is 47.5 Å². The lowest BCUT2D eigenvalue weighted by atomic mass is 9.90. The Bertz CT molecular complexity index is 444. The Morgan fingerprint density at radius 2 is 1.78 bits per heavy atom. The van der Waals surface area contributed by atoms with Crippen LogP contribution < -0.4 is 0 Å². The molecule has 5 heteroatoms. The number of carbonyl (C=O) groups is 2. The maximum atomic E-state index is 12.3. The molecule has 134 valence electrons. The number of hydrogen-bond donors (Lipinski definition) is 0. The number of nitrogens with zero attached hydrogens (tertiary/aromatic N) is 1. The molecule has 0 N–H and O–H groups in total. The Morgan fingerprint density at radius 1 is 1.17 bits per heavy atom. The number of hydrogen-bond acceptors (Lipinski definition) is 4. The molecule has 0 aromatic carbocycles. The molecule has 1 unspecified atom stereocenters. The van der Waals surface area contributed by atoms with Gasteiger partial charge in [0.15, 0.2) is 0 Å². The van der Waals surface area contributed by atoms with Crippen LogP contribution in [-0.4, -0.2) is 41.3 Å². The first-order valence-corrected chi connectivity index (χ1v) is 8.66. The zero-order valence-electron chi connectivity index (χ0n) is 15.8. The summed E-state index contributed by atoms with van der Waals surface area (Å²) in [6.07, 6.45) is 2.82. The van der Waals surface area contributed by atoms with Gasteiger partial charge in [-0.1, -0.05) is 20.3 Å². The number of amides is 1. The average Bonchev–Trinajstić information content (AvgIpc) is 2.80. The van der Waals surface area contributed by atoms with Crippen molar-refractivity contribution in [2.45, 2.75) is 85.4 Å². The lowest BCUT2D eigenvalue weighted by Crippen LogP contribution is -2.42. The third-order valence-corrected chi connectivity index (χ3v) is 4.69. The maximum Gasteiger partial charge on any atom is 0.410 e. The predicted molar refractivity (Wildman–Crippen MR) is 90.2 cm³/mol. The summed E-state index contributed by atoms with van der Waals surface area (Å²) in [7, 11) is 0. The van der Waals surface area contributed by atoms with E-state index < -0.39 is 16.6 Å². The Morgan fingerprint density at radius 3 is 2.30 bits per heavy atom. The van der Waals surface area contributed by atoms with Crippen LogP contribution in [0.15, 0.2) is 0 Å². The molecule has 1 aliphatic rings. The van der Waals surface area contributed by atoms with E-state index in [2.05, 4.69) is 6.92 Å². The molecule has 5 nitrogen and oxygen atoms in total. The van der Waals surface area contributed by atoms with Gasteiger partial charge in [-0.15, -0.1) is 0 Å². The van der Waals surface area contributed by atoms with E-state index in [1.54, 1.807) is 4.90 Å². The number of carbonyl (C=O) groups excluding carboxylic acids is 2. The maximum absolute atomic E-state index is 12.3. The van der Waals surface area contributed by atoms with E-state index in [0.717, 1.165) is 19.3 Å². The van der Waals surface area contributed by atoms with Gasteiger partial charge in [0, 0.05) is 13.0 Å². The summed E-state index contributed by atoms with van der Waals surface area (Å²) >= 11 is 0. The zero-order valence-corrected chi connectivity index (χ0v) is 15.8. The smallest absolute Gasteiger partial charge is 0.410 e. The van der Waals surface area contributed by atoms with Crippen LogP contribution in [-0.2, 0) is 14.3 Å². The van der Waals surface area contributed by atoms with Crippen molar-refractivity contribution >= 4 is 12.1 Å². The number of rotatable bonds is 6. The summed E-state index contributed by atoms with van der Waals surface area (Å²) in [6, 6.07) is 0. The molecule has 0 aromatic rings. The van der Waals surface area contributed by atoms with Crippen molar-refractivity contribution in [3.8, 4) is 0 Å². The van der Waals surface area contributed by atoms with Gasteiger partial charge in [-0.25, -0.2) is 4.79 Å². The van der Waals surface area contributed by atoms with Gasteiger partial charge in [0.25, 0.3) is 0 Å². The molecule has 0 saturated carbocycles. The van der Waals surface area contributed by atoms with Gasteiger partial charge in [0.1, 0.15) is 11.2 Å². The van der Waals surface area contributed by atoms with E-state index in [-0.39, 0.29) is 12.1 Å². The Hall–Kier alpha value is -1.26. The van der Waals surface area contributed by atoms with E-state index in [1.165, 1.54) is 0 Å². The Balaban J connectivity index is 2.63. The van der Waals surface area contributed by atoms with Crippen LogP contribution in [0.4, 0.5) is 4.79 Å². The summed E-state index contributed by atoms with van der Waals surface area (Å²) in [5.41, 5.74) is -1.59. The molecule has 0 aliphatic carbocycles. The van der Waals surface area contributed by atoms with Gasteiger partial charge < -0.3 is 14.4 Å². The fraction of sp³-hybridized carbons (Fsp3) is 0.889. The van der Waals surface area contributed by atoms with E-state index in [1.807, 2.05) is 41.5 Å². The van der Waals surface area contributed by atoms with Gasteiger partial charge in [0.05, 0.1) is 12.0 Å². The second-order valence-corrected chi connectivity index (χ2v) is 8.13. The normalized spacial score (nSPS) is 22.1. The van der Waals surface area contributed by atoms with Gasteiger partial charge in [0.2, 0.25) is 0 Å². The molecule has 1 heterocycles. The van der Waals surface area contributed by atoms with Crippen LogP contribution in [0.1, 0.15) is 74.1 Å². The average molecular weight is 327 g/mol. The van der Waals surface area contributed by atoms with Gasteiger partial charge in [-0.3, -0.25) is 4.79 Å². The second-order valence-electron chi connectivity index (χ2n) is 8.13. The topological polar surface area (TPSA) is 55.8 Å². The van der Waals surface area contributed by atoms with Crippen molar-refractivity contribution < 1.29 is 19.1 Å². The highest BCUT2D eigenvalue weighted by molar-refractivity contribution is 5.76. The summed E-state index contributed by atoms with van der Waals surface area (Å²) in [5, 5.41) is 0. The second kappa shape index (κ2) is 7.10. The summed E-state index contributed by atoms with van der Waals surface area (Å²) < 4.78 is 11.3. The molecule has 0 radical (unpaired) electrons. The van der Waals surface area contributed by atoms with Gasteiger partial charge in [-0.2, -0.15) is 0 Å².